The van der Waals surface area contributed by atoms with Crippen LogP contribution in [0.2, 0.25) is 0 Å². The quantitative estimate of drug-likeness (QED) is 0.921. The van der Waals surface area contributed by atoms with E-state index in [0.717, 1.165) is 18.0 Å². The van der Waals surface area contributed by atoms with Crippen LogP contribution < -0.4 is 5.14 Å². The average molecular weight is 339 g/mol. The number of hydrogen-bond acceptors (Lipinski definition) is 4. The maximum atomic E-state index is 13.7. The zero-order valence-corrected chi connectivity index (χ0v) is 13.0. The zero-order chi connectivity index (χ0) is 16.6. The van der Waals surface area contributed by atoms with Gasteiger partial charge < -0.3 is 0 Å². The molecule has 0 amide bonds. The molecule has 0 bridgehead atoms. The van der Waals surface area contributed by atoms with Gasteiger partial charge in [0, 0.05) is 25.2 Å². The second kappa shape index (κ2) is 5.95. The van der Waals surface area contributed by atoms with Crippen LogP contribution in [0.3, 0.4) is 0 Å². The number of rotatable bonds is 3. The predicted molar refractivity (Wildman–Crippen MR) is 79.8 cm³/mol. The molecule has 23 heavy (non-hydrogen) atoms. The molecular formula is C15H15F2N3O2S. The van der Waals surface area contributed by atoms with Crippen LogP contribution in [0.25, 0.3) is 0 Å². The van der Waals surface area contributed by atoms with Crippen molar-refractivity contribution in [2.75, 3.05) is 6.54 Å². The van der Waals surface area contributed by atoms with Gasteiger partial charge in [-0.05, 0) is 23.6 Å². The Morgan fingerprint density at radius 3 is 2.57 bits per heavy atom. The molecule has 2 N–H and O–H groups in total. The van der Waals surface area contributed by atoms with E-state index in [0.29, 0.717) is 25.1 Å². The van der Waals surface area contributed by atoms with Gasteiger partial charge in [0.15, 0.2) is 0 Å². The molecule has 1 aromatic carbocycles. The van der Waals surface area contributed by atoms with E-state index in [1.165, 1.54) is 6.07 Å². The Morgan fingerprint density at radius 1 is 1.22 bits per heavy atom. The van der Waals surface area contributed by atoms with Crippen LogP contribution in [0.1, 0.15) is 16.7 Å². The minimum absolute atomic E-state index is 0.0361. The molecule has 8 heteroatoms. The molecule has 0 saturated carbocycles. The Bertz CT molecular complexity index is 836. The van der Waals surface area contributed by atoms with E-state index in [1.807, 2.05) is 4.90 Å². The Hall–Kier alpha value is -1.90. The number of fused-ring (bicyclic) bond motifs is 1. The summed E-state index contributed by atoms with van der Waals surface area (Å²) in [5, 5.41) is 5.23. The highest BCUT2D eigenvalue weighted by Crippen LogP contribution is 2.26. The SMILES string of the molecule is NS(=O)(=O)c1cccc2c1CCN(Cc1c(F)cncc1F)C2. The molecule has 0 saturated heterocycles. The minimum Gasteiger partial charge on any atom is -0.294 e. The summed E-state index contributed by atoms with van der Waals surface area (Å²) in [7, 11) is -3.78. The summed E-state index contributed by atoms with van der Waals surface area (Å²) in [6.45, 7) is 0.986. The first-order valence-corrected chi connectivity index (χ1v) is 8.54. The number of nitrogens with two attached hydrogens (primary N) is 1. The summed E-state index contributed by atoms with van der Waals surface area (Å²) in [5.41, 5.74) is 1.45. The van der Waals surface area contributed by atoms with Crippen LogP contribution in [0.5, 0.6) is 0 Å². The summed E-state index contributed by atoms with van der Waals surface area (Å²) in [6.07, 6.45) is 2.42. The van der Waals surface area contributed by atoms with E-state index in [2.05, 4.69) is 4.98 Å². The van der Waals surface area contributed by atoms with Crippen molar-refractivity contribution in [1.82, 2.24) is 9.88 Å². The van der Waals surface area contributed by atoms with E-state index in [-0.39, 0.29) is 17.0 Å². The molecule has 0 fully saturated rings. The fourth-order valence-electron chi connectivity index (χ4n) is 2.85. The fraction of sp³-hybridized carbons (Fsp3) is 0.267. The van der Waals surface area contributed by atoms with Crippen molar-refractivity contribution < 1.29 is 17.2 Å². The predicted octanol–water partition coefficient (Wildman–Crippen LogP) is 1.57. The third-order valence-corrected chi connectivity index (χ3v) is 4.94. The van der Waals surface area contributed by atoms with E-state index in [1.54, 1.807) is 12.1 Å². The number of sulfonamides is 1. The number of aromatic nitrogens is 1. The van der Waals surface area contributed by atoms with Gasteiger partial charge in [0.25, 0.3) is 0 Å². The van der Waals surface area contributed by atoms with Crippen LogP contribution in [0.4, 0.5) is 8.78 Å². The minimum atomic E-state index is -3.78. The third kappa shape index (κ3) is 3.24. The van der Waals surface area contributed by atoms with E-state index in [9.17, 15) is 17.2 Å². The molecule has 1 aliphatic heterocycles. The van der Waals surface area contributed by atoms with Gasteiger partial charge in [0.2, 0.25) is 10.0 Å². The molecule has 1 aromatic heterocycles. The lowest BCUT2D eigenvalue weighted by Crippen LogP contribution is -2.32. The first kappa shape index (κ1) is 16.0. The number of nitrogens with zero attached hydrogens (tertiary/aromatic N) is 2. The van der Waals surface area contributed by atoms with Crippen molar-refractivity contribution in [1.29, 1.82) is 0 Å². The summed E-state index contributed by atoms with van der Waals surface area (Å²) < 4.78 is 50.6. The maximum Gasteiger partial charge on any atom is 0.238 e. The van der Waals surface area contributed by atoms with E-state index >= 15 is 0 Å². The second-order valence-corrected chi connectivity index (χ2v) is 7.01. The van der Waals surface area contributed by atoms with Gasteiger partial charge >= 0.3 is 0 Å². The summed E-state index contributed by atoms with van der Waals surface area (Å²) in [6, 6.07) is 4.90. The van der Waals surface area contributed by atoms with Gasteiger partial charge in [-0.15, -0.1) is 0 Å². The smallest absolute Gasteiger partial charge is 0.238 e. The lowest BCUT2D eigenvalue weighted by Gasteiger charge is -2.29. The van der Waals surface area contributed by atoms with Crippen molar-refractivity contribution in [2.24, 2.45) is 5.14 Å². The van der Waals surface area contributed by atoms with Crippen LogP contribution in [-0.2, 0) is 29.5 Å². The summed E-state index contributed by atoms with van der Waals surface area (Å²) >= 11 is 0. The van der Waals surface area contributed by atoms with Crippen LogP contribution in [0.15, 0.2) is 35.5 Å². The van der Waals surface area contributed by atoms with Crippen LogP contribution in [0, 0.1) is 11.6 Å². The topological polar surface area (TPSA) is 76.3 Å². The largest absolute Gasteiger partial charge is 0.294 e. The Labute approximate surface area is 132 Å². The first-order chi connectivity index (χ1) is 10.9. The molecule has 3 rings (SSSR count). The van der Waals surface area contributed by atoms with Crippen molar-refractivity contribution >= 4 is 10.0 Å². The van der Waals surface area contributed by atoms with Crippen LogP contribution in [-0.4, -0.2) is 24.8 Å². The molecular weight excluding hydrogens is 324 g/mol. The zero-order valence-electron chi connectivity index (χ0n) is 12.2. The molecule has 0 radical (unpaired) electrons. The summed E-state index contributed by atoms with van der Waals surface area (Å²) in [4.78, 5) is 5.44. The van der Waals surface area contributed by atoms with Gasteiger partial charge in [0.1, 0.15) is 11.6 Å². The first-order valence-electron chi connectivity index (χ1n) is 7.00. The molecule has 0 unspecified atom stereocenters. The lowest BCUT2D eigenvalue weighted by atomic mass is 9.99. The van der Waals surface area contributed by atoms with E-state index in [4.69, 9.17) is 5.14 Å². The van der Waals surface area contributed by atoms with Gasteiger partial charge in [-0.25, -0.2) is 22.3 Å². The molecule has 0 atom stereocenters. The fourth-order valence-corrected chi connectivity index (χ4v) is 3.69. The second-order valence-electron chi connectivity index (χ2n) is 5.48. The number of halogens is 2. The highest BCUT2D eigenvalue weighted by molar-refractivity contribution is 7.89. The van der Waals surface area contributed by atoms with E-state index < -0.39 is 21.7 Å². The Balaban J connectivity index is 1.87. The summed E-state index contributed by atoms with van der Waals surface area (Å²) in [5.74, 6) is -1.37. The average Bonchev–Trinajstić information content (AvgIpc) is 2.49. The number of benzene rings is 1. The van der Waals surface area contributed by atoms with Crippen molar-refractivity contribution in [3.05, 3.63) is 58.9 Å². The molecule has 122 valence electrons. The number of hydrogen-bond donors (Lipinski definition) is 1. The van der Waals surface area contributed by atoms with Gasteiger partial charge in [-0.2, -0.15) is 0 Å². The molecule has 5 nitrogen and oxygen atoms in total. The molecule has 0 spiro atoms. The monoisotopic (exact) mass is 339 g/mol. The Morgan fingerprint density at radius 2 is 1.91 bits per heavy atom. The Kier molecular flexibility index (Phi) is 4.13. The van der Waals surface area contributed by atoms with Crippen molar-refractivity contribution in [3.8, 4) is 0 Å². The molecule has 1 aliphatic rings. The van der Waals surface area contributed by atoms with Gasteiger partial charge in [0.05, 0.1) is 17.3 Å². The standard InChI is InChI=1S/C15H15F2N3O2S/c16-13-6-19-7-14(17)12(13)9-20-5-4-11-10(8-20)2-1-3-15(11)23(18,21)22/h1-3,6-7H,4-5,8-9H2,(H2,18,21,22). The lowest BCUT2D eigenvalue weighted by molar-refractivity contribution is 0.237. The van der Waals surface area contributed by atoms with Crippen molar-refractivity contribution in [2.45, 2.75) is 24.4 Å². The normalized spacial score (nSPS) is 15.4. The van der Waals surface area contributed by atoms with Crippen LogP contribution >= 0.6 is 0 Å². The van der Waals surface area contributed by atoms with Gasteiger partial charge in [-0.1, -0.05) is 12.1 Å². The third-order valence-electron chi connectivity index (χ3n) is 3.94. The maximum absolute atomic E-state index is 13.7. The molecule has 2 heterocycles. The number of pyridine rings is 1. The highest BCUT2D eigenvalue weighted by atomic mass is 32.2. The van der Waals surface area contributed by atoms with Gasteiger partial charge in [-0.3, -0.25) is 9.88 Å². The molecule has 2 aromatic rings. The number of primary sulfonamides is 1. The molecule has 0 aliphatic carbocycles. The highest BCUT2D eigenvalue weighted by Gasteiger charge is 2.24. The van der Waals surface area contributed by atoms with Crippen molar-refractivity contribution in [3.63, 3.8) is 0 Å².